The van der Waals surface area contributed by atoms with Crippen LogP contribution in [0, 0.1) is 17.2 Å². The Kier molecular flexibility index (Phi) is 2.76. The summed E-state index contributed by atoms with van der Waals surface area (Å²) >= 11 is 0. The second-order valence-electron chi connectivity index (χ2n) is 3.61. The van der Waals surface area contributed by atoms with E-state index >= 15 is 0 Å². The second kappa shape index (κ2) is 4.21. The molecule has 2 atom stereocenters. The van der Waals surface area contributed by atoms with Gasteiger partial charge in [0.05, 0.1) is 17.7 Å². The largest absolute Gasteiger partial charge is 0.316 e. The minimum Gasteiger partial charge on any atom is -0.316 e. The van der Waals surface area contributed by atoms with Gasteiger partial charge in [0.25, 0.3) is 0 Å². The number of rotatable bonds is 2. The number of hydrogen-bond acceptors (Lipinski definition) is 3. The number of nitriles is 1. The fourth-order valence-electron chi connectivity index (χ4n) is 1.93. The molecule has 14 heavy (non-hydrogen) atoms. The summed E-state index contributed by atoms with van der Waals surface area (Å²) in [7, 11) is 0. The first kappa shape index (κ1) is 9.17. The Hall–Kier alpha value is -1.40. The molecule has 2 rings (SSSR count). The van der Waals surface area contributed by atoms with E-state index in [1.807, 2.05) is 18.2 Å². The lowest BCUT2D eigenvalue weighted by Gasteiger charge is -2.14. The third-order valence-corrected chi connectivity index (χ3v) is 2.72. The maximum absolute atomic E-state index is 9.12. The number of aromatic nitrogens is 1. The maximum atomic E-state index is 9.12. The molecule has 1 aliphatic rings. The van der Waals surface area contributed by atoms with Crippen molar-refractivity contribution in [3.05, 3.63) is 30.1 Å². The molecule has 2 heterocycles. The normalized spacial score (nSPS) is 22.9. The Balaban J connectivity index is 2.18. The van der Waals surface area contributed by atoms with Gasteiger partial charge in [-0.05, 0) is 37.6 Å². The molecule has 0 amide bonds. The molecule has 0 bridgehead atoms. The summed E-state index contributed by atoms with van der Waals surface area (Å²) in [5.74, 6) is 0.376. The van der Waals surface area contributed by atoms with E-state index in [-0.39, 0.29) is 5.92 Å². The van der Waals surface area contributed by atoms with Crippen molar-refractivity contribution in [1.29, 1.82) is 5.26 Å². The smallest absolute Gasteiger partial charge is 0.0925 e. The van der Waals surface area contributed by atoms with Crippen LogP contribution in [-0.4, -0.2) is 18.1 Å². The molecule has 3 heteroatoms. The van der Waals surface area contributed by atoms with Crippen LogP contribution in [0.1, 0.15) is 18.0 Å². The van der Waals surface area contributed by atoms with Gasteiger partial charge < -0.3 is 5.32 Å². The van der Waals surface area contributed by atoms with E-state index in [1.165, 1.54) is 0 Å². The van der Waals surface area contributed by atoms with Crippen LogP contribution < -0.4 is 5.32 Å². The first-order valence-electron chi connectivity index (χ1n) is 4.93. The topological polar surface area (TPSA) is 48.7 Å². The summed E-state index contributed by atoms with van der Waals surface area (Å²) in [6.07, 6.45) is 2.83. The summed E-state index contributed by atoms with van der Waals surface area (Å²) in [6.45, 7) is 1.96. The van der Waals surface area contributed by atoms with Crippen molar-refractivity contribution >= 4 is 0 Å². The molecule has 0 spiro atoms. The molecule has 1 saturated heterocycles. The summed E-state index contributed by atoms with van der Waals surface area (Å²) in [6, 6.07) is 8.11. The monoisotopic (exact) mass is 187 g/mol. The van der Waals surface area contributed by atoms with Gasteiger partial charge in [-0.1, -0.05) is 6.07 Å². The lowest BCUT2D eigenvalue weighted by Crippen LogP contribution is -2.16. The van der Waals surface area contributed by atoms with Crippen molar-refractivity contribution in [3.63, 3.8) is 0 Å². The predicted molar refractivity (Wildman–Crippen MR) is 53.6 cm³/mol. The highest BCUT2D eigenvalue weighted by Crippen LogP contribution is 2.26. The molecule has 1 N–H and O–H groups in total. The zero-order valence-electron chi connectivity index (χ0n) is 7.98. The van der Waals surface area contributed by atoms with Crippen LogP contribution >= 0.6 is 0 Å². The standard InChI is InChI=1S/C11H13N3/c12-7-10(9-4-6-13-8-9)11-3-1-2-5-14-11/h1-3,5,9-10,13H,4,6,8H2. The molecule has 0 radical (unpaired) electrons. The molecular weight excluding hydrogens is 174 g/mol. The van der Waals surface area contributed by atoms with E-state index in [0.29, 0.717) is 5.92 Å². The number of nitrogens with one attached hydrogen (secondary N) is 1. The van der Waals surface area contributed by atoms with Crippen molar-refractivity contribution in [2.75, 3.05) is 13.1 Å². The average Bonchev–Trinajstić information content (AvgIpc) is 2.74. The number of nitrogens with zero attached hydrogens (tertiary/aromatic N) is 2. The highest BCUT2D eigenvalue weighted by molar-refractivity contribution is 5.18. The minimum atomic E-state index is -0.0498. The minimum absolute atomic E-state index is 0.0498. The molecule has 1 fully saturated rings. The van der Waals surface area contributed by atoms with Gasteiger partial charge in [-0.3, -0.25) is 4.98 Å². The zero-order valence-corrected chi connectivity index (χ0v) is 7.98. The fourth-order valence-corrected chi connectivity index (χ4v) is 1.93. The van der Waals surface area contributed by atoms with Crippen molar-refractivity contribution < 1.29 is 0 Å². The summed E-state index contributed by atoms with van der Waals surface area (Å²) in [5, 5.41) is 12.4. The van der Waals surface area contributed by atoms with E-state index in [1.54, 1.807) is 6.20 Å². The van der Waals surface area contributed by atoms with Crippen LogP contribution in [0.3, 0.4) is 0 Å². The average molecular weight is 187 g/mol. The molecule has 0 aromatic carbocycles. The van der Waals surface area contributed by atoms with Crippen LogP contribution in [0.2, 0.25) is 0 Å². The van der Waals surface area contributed by atoms with Gasteiger partial charge in [0.1, 0.15) is 0 Å². The van der Waals surface area contributed by atoms with Crippen molar-refractivity contribution in [2.45, 2.75) is 12.3 Å². The third kappa shape index (κ3) is 1.75. The molecule has 0 saturated carbocycles. The molecule has 1 aromatic heterocycles. The van der Waals surface area contributed by atoms with Crippen molar-refractivity contribution in [3.8, 4) is 6.07 Å². The maximum Gasteiger partial charge on any atom is 0.0925 e. The Morgan fingerprint density at radius 2 is 2.50 bits per heavy atom. The van der Waals surface area contributed by atoms with Crippen LogP contribution in [0.25, 0.3) is 0 Å². The van der Waals surface area contributed by atoms with Gasteiger partial charge in [0.2, 0.25) is 0 Å². The Bertz CT molecular complexity index is 322. The van der Waals surface area contributed by atoms with Crippen molar-refractivity contribution in [2.24, 2.45) is 5.92 Å². The predicted octanol–water partition coefficient (Wildman–Crippen LogP) is 1.30. The molecule has 2 unspecified atom stereocenters. The van der Waals surface area contributed by atoms with Gasteiger partial charge >= 0.3 is 0 Å². The van der Waals surface area contributed by atoms with Gasteiger partial charge in [0, 0.05) is 6.20 Å². The van der Waals surface area contributed by atoms with Gasteiger partial charge in [-0.15, -0.1) is 0 Å². The van der Waals surface area contributed by atoms with E-state index < -0.39 is 0 Å². The molecule has 72 valence electrons. The Morgan fingerprint density at radius 3 is 3.07 bits per heavy atom. The van der Waals surface area contributed by atoms with Gasteiger partial charge in [-0.2, -0.15) is 5.26 Å². The summed E-state index contributed by atoms with van der Waals surface area (Å²) in [4.78, 5) is 4.24. The van der Waals surface area contributed by atoms with E-state index in [4.69, 9.17) is 5.26 Å². The lowest BCUT2D eigenvalue weighted by molar-refractivity contribution is 0.522. The van der Waals surface area contributed by atoms with E-state index in [0.717, 1.165) is 25.2 Å². The first-order chi connectivity index (χ1) is 6.92. The Morgan fingerprint density at radius 1 is 1.57 bits per heavy atom. The van der Waals surface area contributed by atoms with Crippen molar-refractivity contribution in [1.82, 2.24) is 10.3 Å². The number of hydrogen-bond donors (Lipinski definition) is 1. The molecule has 1 aliphatic heterocycles. The molecule has 1 aromatic rings. The van der Waals surface area contributed by atoms with E-state index in [9.17, 15) is 0 Å². The number of pyridine rings is 1. The van der Waals surface area contributed by atoms with Gasteiger partial charge in [0.15, 0.2) is 0 Å². The quantitative estimate of drug-likeness (QED) is 0.759. The van der Waals surface area contributed by atoms with Gasteiger partial charge in [-0.25, -0.2) is 0 Å². The summed E-state index contributed by atoms with van der Waals surface area (Å²) in [5.41, 5.74) is 0.906. The lowest BCUT2D eigenvalue weighted by atomic mass is 9.90. The first-order valence-corrected chi connectivity index (χ1v) is 4.93. The van der Waals surface area contributed by atoms with Crippen LogP contribution in [0.15, 0.2) is 24.4 Å². The summed E-state index contributed by atoms with van der Waals surface area (Å²) < 4.78 is 0. The fraction of sp³-hybridized carbons (Fsp3) is 0.455. The van der Waals surface area contributed by atoms with Crippen LogP contribution in [-0.2, 0) is 0 Å². The van der Waals surface area contributed by atoms with E-state index in [2.05, 4.69) is 16.4 Å². The molecule has 3 nitrogen and oxygen atoms in total. The van der Waals surface area contributed by atoms with Crippen LogP contribution in [0.5, 0.6) is 0 Å². The highest BCUT2D eigenvalue weighted by Gasteiger charge is 2.26. The molecule has 0 aliphatic carbocycles. The van der Waals surface area contributed by atoms with Crippen LogP contribution in [0.4, 0.5) is 0 Å². The SMILES string of the molecule is N#CC(c1ccccn1)C1CCNC1. The molecular formula is C11H13N3. The Labute approximate surface area is 83.8 Å². The highest BCUT2D eigenvalue weighted by atomic mass is 14.9. The zero-order chi connectivity index (χ0) is 9.80. The second-order valence-corrected chi connectivity index (χ2v) is 3.61. The third-order valence-electron chi connectivity index (χ3n) is 2.72.